The summed E-state index contributed by atoms with van der Waals surface area (Å²) in [6, 6.07) is 1.01. The summed E-state index contributed by atoms with van der Waals surface area (Å²) in [5.41, 5.74) is 5.09. The Hall–Kier alpha value is -1.58. The Morgan fingerprint density at radius 1 is 1.58 bits per heavy atom. The smallest absolute Gasteiger partial charge is 0.264 e. The van der Waals surface area contributed by atoms with Crippen molar-refractivity contribution in [2.24, 2.45) is 5.73 Å². The van der Waals surface area contributed by atoms with E-state index < -0.39 is 38.9 Å². The van der Waals surface area contributed by atoms with Crippen LogP contribution in [0.1, 0.15) is 6.42 Å². The molecule has 1 aliphatic heterocycles. The molecule has 0 saturated carbocycles. The fourth-order valence-electron chi connectivity index (χ4n) is 1.98. The number of aliphatic hydroxyl groups is 1. The maximum absolute atomic E-state index is 13.5. The summed E-state index contributed by atoms with van der Waals surface area (Å²) in [6.07, 6.45) is 0.00383. The maximum Gasteiger partial charge on any atom is 0.264 e. The molecule has 3 N–H and O–H groups in total. The Balaban J connectivity index is 2.45. The molecular weight excluding hydrogens is 277 g/mol. The van der Waals surface area contributed by atoms with Gasteiger partial charge in [-0.25, -0.2) is 17.8 Å². The van der Waals surface area contributed by atoms with Crippen LogP contribution in [0.5, 0.6) is 0 Å². The molecule has 104 valence electrons. The fourth-order valence-corrected chi connectivity index (χ4v) is 3.60. The van der Waals surface area contributed by atoms with Crippen molar-refractivity contribution in [2.45, 2.75) is 23.6 Å². The van der Waals surface area contributed by atoms with Gasteiger partial charge in [-0.3, -0.25) is 4.79 Å². The van der Waals surface area contributed by atoms with Crippen LogP contribution in [0.15, 0.2) is 23.4 Å². The molecule has 0 aliphatic carbocycles. The van der Waals surface area contributed by atoms with E-state index in [1.54, 1.807) is 0 Å². The van der Waals surface area contributed by atoms with Crippen molar-refractivity contribution in [1.82, 2.24) is 9.29 Å². The number of halogens is 1. The van der Waals surface area contributed by atoms with Crippen molar-refractivity contribution in [3.05, 3.63) is 24.1 Å². The predicted molar refractivity (Wildman–Crippen MR) is 61.7 cm³/mol. The Labute approximate surface area is 108 Å². The second kappa shape index (κ2) is 4.83. The van der Waals surface area contributed by atoms with Crippen LogP contribution in [-0.4, -0.2) is 47.4 Å². The Bertz CT molecular complexity index is 607. The summed E-state index contributed by atoms with van der Waals surface area (Å²) in [7, 11) is -4.31. The lowest BCUT2D eigenvalue weighted by Gasteiger charge is -2.20. The highest BCUT2D eigenvalue weighted by molar-refractivity contribution is 7.89. The summed E-state index contributed by atoms with van der Waals surface area (Å²) in [6.45, 7) is -0.314. The molecule has 1 amide bonds. The van der Waals surface area contributed by atoms with E-state index in [1.165, 1.54) is 6.07 Å². The highest BCUT2D eigenvalue weighted by Crippen LogP contribution is 2.26. The van der Waals surface area contributed by atoms with E-state index in [-0.39, 0.29) is 13.0 Å². The number of amides is 1. The predicted octanol–water partition coefficient (Wildman–Crippen LogP) is -1.17. The molecule has 7 nitrogen and oxygen atoms in total. The second-order valence-corrected chi connectivity index (χ2v) is 5.98. The van der Waals surface area contributed by atoms with Crippen LogP contribution in [0, 0.1) is 5.82 Å². The third kappa shape index (κ3) is 2.44. The highest BCUT2D eigenvalue weighted by atomic mass is 32.2. The molecule has 0 aromatic carbocycles. The fraction of sp³-hybridized carbons (Fsp3) is 0.400. The molecule has 1 aromatic rings. The van der Waals surface area contributed by atoms with Crippen molar-refractivity contribution in [1.29, 1.82) is 0 Å². The maximum atomic E-state index is 13.5. The first kappa shape index (κ1) is 13.8. The monoisotopic (exact) mass is 289 g/mol. The Morgan fingerprint density at radius 2 is 2.26 bits per heavy atom. The molecule has 2 rings (SSSR count). The van der Waals surface area contributed by atoms with Crippen LogP contribution in [0.25, 0.3) is 0 Å². The van der Waals surface area contributed by atoms with Gasteiger partial charge >= 0.3 is 0 Å². The molecule has 0 spiro atoms. The molecule has 0 bridgehead atoms. The molecule has 2 heterocycles. The van der Waals surface area contributed by atoms with Crippen LogP contribution < -0.4 is 5.73 Å². The summed E-state index contributed by atoms with van der Waals surface area (Å²) in [5, 5.41) is 8.69. The van der Waals surface area contributed by atoms with Gasteiger partial charge in [0.05, 0.1) is 6.10 Å². The van der Waals surface area contributed by atoms with Crippen LogP contribution >= 0.6 is 0 Å². The zero-order valence-electron chi connectivity index (χ0n) is 9.73. The van der Waals surface area contributed by atoms with Gasteiger partial charge < -0.3 is 10.8 Å². The molecule has 9 heteroatoms. The first-order chi connectivity index (χ1) is 8.84. The average Bonchev–Trinajstić information content (AvgIpc) is 2.72. The van der Waals surface area contributed by atoms with Gasteiger partial charge in [-0.15, -0.1) is 0 Å². The zero-order chi connectivity index (χ0) is 14.2. The third-order valence-corrected chi connectivity index (χ3v) is 4.65. The van der Waals surface area contributed by atoms with Gasteiger partial charge in [-0.1, -0.05) is 0 Å². The van der Waals surface area contributed by atoms with E-state index in [4.69, 9.17) is 5.73 Å². The first-order valence-electron chi connectivity index (χ1n) is 5.44. The van der Waals surface area contributed by atoms with Gasteiger partial charge in [0.2, 0.25) is 10.9 Å². The number of sulfonamides is 1. The minimum Gasteiger partial charge on any atom is -0.392 e. The number of hydrogen-bond donors (Lipinski definition) is 2. The molecule has 19 heavy (non-hydrogen) atoms. The number of primary amides is 1. The van der Waals surface area contributed by atoms with Crippen molar-refractivity contribution in [2.75, 3.05) is 6.54 Å². The zero-order valence-corrected chi connectivity index (χ0v) is 10.5. The molecule has 1 fully saturated rings. The minimum atomic E-state index is -4.31. The van der Waals surface area contributed by atoms with E-state index in [0.717, 1.165) is 12.3 Å². The van der Waals surface area contributed by atoms with E-state index >= 15 is 0 Å². The quantitative estimate of drug-likeness (QED) is 0.728. The average molecular weight is 289 g/mol. The number of carbonyl (C=O) groups excluding carboxylic acids is 1. The van der Waals surface area contributed by atoms with E-state index in [0.29, 0.717) is 4.31 Å². The topological polar surface area (TPSA) is 114 Å². The number of carbonyl (C=O) groups is 1. The summed E-state index contributed by atoms with van der Waals surface area (Å²) < 4.78 is 38.6. The largest absolute Gasteiger partial charge is 0.392 e. The van der Waals surface area contributed by atoms with Gasteiger partial charge in [0.15, 0.2) is 5.82 Å². The number of pyridine rings is 1. The standard InChI is InChI=1S/C10H12FN3O4S/c11-7-2-1-3-13-10(7)19(17,18)14-5-6(15)4-8(14)9(12)16/h1-3,6,8,15H,4-5H2,(H2,12,16). The van der Waals surface area contributed by atoms with Crippen molar-refractivity contribution in [3.63, 3.8) is 0 Å². The van der Waals surface area contributed by atoms with Gasteiger partial charge in [-0.05, 0) is 12.1 Å². The Morgan fingerprint density at radius 3 is 2.84 bits per heavy atom. The molecule has 1 aromatic heterocycles. The number of nitrogens with zero attached hydrogens (tertiary/aromatic N) is 2. The van der Waals surface area contributed by atoms with Crippen LogP contribution in [0.3, 0.4) is 0 Å². The lowest BCUT2D eigenvalue weighted by Crippen LogP contribution is -2.44. The molecule has 2 atom stereocenters. The van der Waals surface area contributed by atoms with E-state index in [9.17, 15) is 22.7 Å². The minimum absolute atomic E-state index is 0.108. The van der Waals surface area contributed by atoms with Crippen molar-refractivity contribution in [3.8, 4) is 0 Å². The van der Waals surface area contributed by atoms with Gasteiger partial charge in [0, 0.05) is 19.2 Å². The summed E-state index contributed by atoms with van der Waals surface area (Å²) in [5.74, 6) is -1.91. The molecule has 1 saturated heterocycles. The Kier molecular flexibility index (Phi) is 3.52. The van der Waals surface area contributed by atoms with Gasteiger partial charge in [0.25, 0.3) is 10.0 Å². The highest BCUT2D eigenvalue weighted by Gasteiger charge is 2.44. The number of β-amino-alcohol motifs (C(OH)–C–C–N with tert-alkyl or cyclic N) is 1. The lowest BCUT2D eigenvalue weighted by atomic mass is 10.2. The molecular formula is C10H12FN3O4S. The summed E-state index contributed by atoms with van der Waals surface area (Å²) in [4.78, 5) is 14.7. The number of rotatable bonds is 3. The SMILES string of the molecule is NC(=O)C1CC(O)CN1S(=O)(=O)c1ncccc1F. The van der Waals surface area contributed by atoms with E-state index in [1.807, 2.05) is 0 Å². The molecule has 0 radical (unpaired) electrons. The number of nitrogens with two attached hydrogens (primary N) is 1. The van der Waals surface area contributed by atoms with Crippen LogP contribution in [0.2, 0.25) is 0 Å². The van der Waals surface area contributed by atoms with Crippen molar-refractivity contribution < 1.29 is 22.7 Å². The van der Waals surface area contributed by atoms with Gasteiger partial charge in [-0.2, -0.15) is 4.31 Å². The third-order valence-electron chi connectivity index (χ3n) is 2.84. The van der Waals surface area contributed by atoms with E-state index in [2.05, 4.69) is 4.98 Å². The van der Waals surface area contributed by atoms with Gasteiger partial charge in [0.1, 0.15) is 6.04 Å². The lowest BCUT2D eigenvalue weighted by molar-refractivity contribution is -0.121. The normalized spacial score (nSPS) is 24.5. The first-order valence-corrected chi connectivity index (χ1v) is 6.88. The number of aromatic nitrogens is 1. The molecule has 1 aliphatic rings. The summed E-state index contributed by atoms with van der Waals surface area (Å²) >= 11 is 0. The second-order valence-electron chi connectivity index (χ2n) is 4.17. The molecule has 2 unspecified atom stereocenters. The number of hydrogen-bond acceptors (Lipinski definition) is 5. The van der Waals surface area contributed by atoms with Crippen molar-refractivity contribution >= 4 is 15.9 Å². The number of aliphatic hydroxyl groups excluding tert-OH is 1. The van der Waals surface area contributed by atoms with Crippen LogP contribution in [-0.2, 0) is 14.8 Å². The van der Waals surface area contributed by atoms with Crippen LogP contribution in [0.4, 0.5) is 4.39 Å².